The van der Waals surface area contributed by atoms with Crippen LogP contribution in [0.2, 0.25) is 0 Å². The Morgan fingerprint density at radius 3 is 2.00 bits per heavy atom. The van der Waals surface area contributed by atoms with Crippen LogP contribution in [0.15, 0.2) is 36.4 Å². The van der Waals surface area contributed by atoms with Crippen molar-refractivity contribution in [3.05, 3.63) is 53.1 Å². The van der Waals surface area contributed by atoms with Gasteiger partial charge in [0.1, 0.15) is 0 Å². The third kappa shape index (κ3) is 3.81. The Kier molecular flexibility index (Phi) is 5.21. The van der Waals surface area contributed by atoms with E-state index in [0.29, 0.717) is 38.2 Å². The molecule has 3 N–H and O–H groups in total. The molecule has 0 spiro atoms. The lowest BCUT2D eigenvalue weighted by atomic mass is 10.1. The number of rotatable bonds is 2. The van der Waals surface area contributed by atoms with Crippen molar-refractivity contribution < 1.29 is 24.9 Å². The van der Waals surface area contributed by atoms with Gasteiger partial charge in [0.2, 0.25) is 0 Å². The van der Waals surface area contributed by atoms with Gasteiger partial charge in [-0.15, -0.1) is 0 Å². The van der Waals surface area contributed by atoms with Crippen LogP contribution in [0, 0.1) is 6.92 Å². The summed E-state index contributed by atoms with van der Waals surface area (Å²) in [7, 11) is 0. The van der Waals surface area contributed by atoms with Crippen LogP contribution in [0.4, 0.5) is 0 Å². The predicted octanol–water partition coefficient (Wildman–Crippen LogP) is 2.10. The minimum Gasteiger partial charge on any atom is -0.504 e. The maximum atomic E-state index is 12.8. The number of amides is 2. The Morgan fingerprint density at radius 2 is 1.41 bits per heavy atom. The van der Waals surface area contributed by atoms with E-state index in [4.69, 9.17) is 0 Å². The summed E-state index contributed by atoms with van der Waals surface area (Å²) in [6, 6.07) is 9.66. The Labute approximate surface area is 157 Å². The lowest BCUT2D eigenvalue weighted by Gasteiger charge is -2.23. The van der Waals surface area contributed by atoms with Gasteiger partial charge in [0, 0.05) is 37.3 Å². The first-order valence-electron chi connectivity index (χ1n) is 8.77. The van der Waals surface area contributed by atoms with Gasteiger partial charge in [-0.25, -0.2) is 0 Å². The molecule has 0 atom stereocenters. The van der Waals surface area contributed by atoms with Gasteiger partial charge in [0.25, 0.3) is 11.8 Å². The molecule has 1 heterocycles. The van der Waals surface area contributed by atoms with Crippen molar-refractivity contribution in [3.8, 4) is 17.2 Å². The summed E-state index contributed by atoms with van der Waals surface area (Å²) < 4.78 is 0. The number of phenolic OH excluding ortho intramolecular Hbond substituents is 3. The molecule has 2 amide bonds. The third-order valence-corrected chi connectivity index (χ3v) is 4.76. The highest BCUT2D eigenvalue weighted by Gasteiger charge is 2.25. The van der Waals surface area contributed by atoms with Crippen LogP contribution in [0.1, 0.15) is 32.7 Å². The second-order valence-electron chi connectivity index (χ2n) is 6.62. The molecule has 1 fully saturated rings. The van der Waals surface area contributed by atoms with Crippen LogP contribution < -0.4 is 0 Å². The van der Waals surface area contributed by atoms with E-state index < -0.39 is 17.2 Å². The zero-order chi connectivity index (χ0) is 19.6. The highest BCUT2D eigenvalue weighted by molar-refractivity contribution is 5.97. The van der Waals surface area contributed by atoms with Gasteiger partial charge in [-0.05, 0) is 37.1 Å². The molecule has 0 unspecified atom stereocenters. The first kappa shape index (κ1) is 18.6. The fourth-order valence-electron chi connectivity index (χ4n) is 3.22. The highest BCUT2D eigenvalue weighted by atomic mass is 16.3. The number of carbonyl (C=O) groups excluding carboxylic acids is 2. The van der Waals surface area contributed by atoms with Crippen LogP contribution in [0.25, 0.3) is 0 Å². The molecule has 7 heteroatoms. The molecule has 27 heavy (non-hydrogen) atoms. The molecule has 0 bridgehead atoms. The van der Waals surface area contributed by atoms with Gasteiger partial charge < -0.3 is 25.1 Å². The normalized spacial score (nSPS) is 14.7. The second kappa shape index (κ2) is 7.57. The Balaban J connectivity index is 1.72. The topological polar surface area (TPSA) is 101 Å². The average molecular weight is 370 g/mol. The molecule has 3 rings (SSSR count). The Hall–Kier alpha value is -3.22. The molecule has 1 aliphatic rings. The third-order valence-electron chi connectivity index (χ3n) is 4.76. The van der Waals surface area contributed by atoms with Gasteiger partial charge in [-0.1, -0.05) is 18.2 Å². The van der Waals surface area contributed by atoms with Crippen LogP contribution in [-0.2, 0) is 0 Å². The van der Waals surface area contributed by atoms with Crippen LogP contribution in [-0.4, -0.2) is 63.1 Å². The van der Waals surface area contributed by atoms with Gasteiger partial charge in [0.15, 0.2) is 17.2 Å². The van der Waals surface area contributed by atoms with E-state index in [9.17, 15) is 24.9 Å². The van der Waals surface area contributed by atoms with Crippen LogP contribution >= 0.6 is 0 Å². The largest absolute Gasteiger partial charge is 0.504 e. The molecular weight excluding hydrogens is 348 g/mol. The molecule has 2 aromatic carbocycles. The first-order chi connectivity index (χ1) is 12.9. The van der Waals surface area contributed by atoms with E-state index in [-0.39, 0.29) is 17.4 Å². The standard InChI is InChI=1S/C20H22N2O5/c1-13-5-2-3-6-15(13)20(27)22-8-4-7-21(9-10-22)19(26)14-11-16(23)18(25)17(24)12-14/h2-3,5-6,11-12,23-25H,4,7-10H2,1H3. The Bertz CT molecular complexity index is 857. The number of phenols is 3. The summed E-state index contributed by atoms with van der Waals surface area (Å²) >= 11 is 0. The average Bonchev–Trinajstić information content (AvgIpc) is 2.91. The van der Waals surface area contributed by atoms with Crippen molar-refractivity contribution in [1.82, 2.24) is 9.80 Å². The summed E-state index contributed by atoms with van der Waals surface area (Å²) in [6.45, 7) is 3.64. The van der Waals surface area contributed by atoms with E-state index >= 15 is 0 Å². The minimum absolute atomic E-state index is 0.0534. The van der Waals surface area contributed by atoms with Gasteiger partial charge >= 0.3 is 0 Å². The van der Waals surface area contributed by atoms with E-state index in [1.54, 1.807) is 15.9 Å². The molecule has 1 aliphatic heterocycles. The first-order valence-corrected chi connectivity index (χ1v) is 8.77. The SMILES string of the molecule is Cc1ccccc1C(=O)N1CCCN(C(=O)c2cc(O)c(O)c(O)c2)CC1. The Morgan fingerprint density at radius 1 is 0.852 bits per heavy atom. The number of carbonyl (C=O) groups is 2. The van der Waals surface area contributed by atoms with Crippen molar-refractivity contribution in [1.29, 1.82) is 0 Å². The fourth-order valence-corrected chi connectivity index (χ4v) is 3.22. The number of hydrogen-bond acceptors (Lipinski definition) is 5. The molecule has 7 nitrogen and oxygen atoms in total. The maximum Gasteiger partial charge on any atom is 0.254 e. The summed E-state index contributed by atoms with van der Waals surface area (Å²) in [5.41, 5.74) is 1.65. The van der Waals surface area contributed by atoms with E-state index in [1.165, 1.54) is 0 Å². The number of aromatic hydroxyl groups is 3. The lowest BCUT2D eigenvalue weighted by molar-refractivity contribution is 0.0718. The zero-order valence-electron chi connectivity index (χ0n) is 15.1. The molecule has 2 aromatic rings. The minimum atomic E-state index is -0.655. The van der Waals surface area contributed by atoms with Crippen molar-refractivity contribution in [3.63, 3.8) is 0 Å². The van der Waals surface area contributed by atoms with Crippen molar-refractivity contribution >= 4 is 11.8 Å². The van der Waals surface area contributed by atoms with Crippen LogP contribution in [0.3, 0.4) is 0 Å². The summed E-state index contributed by atoms with van der Waals surface area (Å²) in [5, 5.41) is 28.7. The zero-order valence-corrected chi connectivity index (χ0v) is 15.1. The molecule has 0 saturated carbocycles. The molecule has 0 aliphatic carbocycles. The van der Waals surface area contributed by atoms with E-state index in [0.717, 1.165) is 17.7 Å². The maximum absolute atomic E-state index is 12.8. The summed E-state index contributed by atoms with van der Waals surface area (Å²) in [6.07, 6.45) is 0.624. The number of aryl methyl sites for hydroxylation is 1. The number of nitrogens with zero attached hydrogens (tertiary/aromatic N) is 2. The lowest BCUT2D eigenvalue weighted by Crippen LogP contribution is -2.37. The second-order valence-corrected chi connectivity index (χ2v) is 6.62. The molecule has 0 aromatic heterocycles. The number of benzene rings is 2. The summed E-state index contributed by atoms with van der Waals surface area (Å²) in [4.78, 5) is 28.8. The highest BCUT2D eigenvalue weighted by Crippen LogP contribution is 2.35. The van der Waals surface area contributed by atoms with Crippen LogP contribution in [0.5, 0.6) is 17.2 Å². The smallest absolute Gasteiger partial charge is 0.254 e. The molecule has 0 radical (unpaired) electrons. The molecule has 1 saturated heterocycles. The van der Waals surface area contributed by atoms with Gasteiger partial charge in [-0.2, -0.15) is 0 Å². The van der Waals surface area contributed by atoms with Crippen molar-refractivity contribution in [2.24, 2.45) is 0 Å². The summed E-state index contributed by atoms with van der Waals surface area (Å²) in [5.74, 6) is -2.18. The predicted molar refractivity (Wildman–Crippen MR) is 99.0 cm³/mol. The quantitative estimate of drug-likeness (QED) is 0.703. The number of hydrogen-bond donors (Lipinski definition) is 3. The van der Waals surface area contributed by atoms with E-state index in [1.807, 2.05) is 25.1 Å². The molecule has 142 valence electrons. The molecular formula is C20H22N2O5. The van der Waals surface area contributed by atoms with Crippen molar-refractivity contribution in [2.75, 3.05) is 26.2 Å². The van der Waals surface area contributed by atoms with Crippen molar-refractivity contribution in [2.45, 2.75) is 13.3 Å². The fraction of sp³-hybridized carbons (Fsp3) is 0.300. The van der Waals surface area contributed by atoms with E-state index in [2.05, 4.69) is 0 Å². The monoisotopic (exact) mass is 370 g/mol. The van der Waals surface area contributed by atoms with Gasteiger partial charge in [0.05, 0.1) is 0 Å². The van der Waals surface area contributed by atoms with Gasteiger partial charge in [-0.3, -0.25) is 9.59 Å².